The van der Waals surface area contributed by atoms with Crippen LogP contribution in [0.2, 0.25) is 0 Å². The predicted octanol–water partition coefficient (Wildman–Crippen LogP) is 3.06. The van der Waals surface area contributed by atoms with E-state index in [4.69, 9.17) is 14.6 Å². The summed E-state index contributed by atoms with van der Waals surface area (Å²) in [6.07, 6.45) is -0.240. The fourth-order valence-corrected chi connectivity index (χ4v) is 2.41. The lowest BCUT2D eigenvalue weighted by Crippen LogP contribution is -2.23. The van der Waals surface area contributed by atoms with Gasteiger partial charge in [-0.2, -0.15) is 0 Å². The van der Waals surface area contributed by atoms with Gasteiger partial charge in [-0.1, -0.05) is 29.8 Å². The molecule has 2 aromatic carbocycles. The fraction of sp³-hybridized carbons (Fsp3) is 0.300. The third-order valence-corrected chi connectivity index (χ3v) is 3.79. The summed E-state index contributed by atoms with van der Waals surface area (Å²) in [5.74, 6) is -0.0331. The van der Waals surface area contributed by atoms with Gasteiger partial charge in [0.25, 0.3) is 0 Å². The summed E-state index contributed by atoms with van der Waals surface area (Å²) >= 11 is 0. The van der Waals surface area contributed by atoms with Crippen molar-refractivity contribution in [1.82, 2.24) is 5.32 Å². The Kier molecular flexibility index (Phi) is 7.02. The fourth-order valence-electron chi connectivity index (χ4n) is 2.41. The highest BCUT2D eigenvalue weighted by Crippen LogP contribution is 2.26. The van der Waals surface area contributed by atoms with E-state index in [-0.39, 0.29) is 25.3 Å². The van der Waals surface area contributed by atoms with Gasteiger partial charge < -0.3 is 19.9 Å². The molecule has 6 nitrogen and oxygen atoms in total. The molecule has 0 fully saturated rings. The minimum absolute atomic E-state index is 0.0506. The Morgan fingerprint density at radius 2 is 1.92 bits per heavy atom. The Labute approximate surface area is 152 Å². The van der Waals surface area contributed by atoms with Crippen LogP contribution in [0.4, 0.5) is 0 Å². The maximum Gasteiger partial charge on any atom is 0.303 e. The first-order valence-electron chi connectivity index (χ1n) is 8.31. The SMILES string of the molecule is COc1ccc(CNC(=O)CCC(=O)O)c(OCc2cccc(C)c2)c1. The standard InChI is InChI=1S/C20H23NO5/c1-14-4-3-5-15(10-14)13-26-18-11-17(25-2)7-6-16(18)12-21-19(22)8-9-20(23)24/h3-7,10-11H,8-9,12-13H2,1-2H3,(H,21,22)(H,23,24). The number of benzene rings is 2. The molecule has 0 spiro atoms. The first-order valence-corrected chi connectivity index (χ1v) is 8.31. The van der Waals surface area contributed by atoms with Crippen molar-refractivity contribution in [3.63, 3.8) is 0 Å². The number of carbonyl (C=O) groups excluding carboxylic acids is 1. The lowest BCUT2D eigenvalue weighted by molar-refractivity contribution is -0.138. The summed E-state index contributed by atoms with van der Waals surface area (Å²) in [6.45, 7) is 2.67. The van der Waals surface area contributed by atoms with E-state index < -0.39 is 5.97 Å². The molecule has 0 aliphatic carbocycles. The second-order valence-corrected chi connectivity index (χ2v) is 5.92. The van der Waals surface area contributed by atoms with Gasteiger partial charge in [0.1, 0.15) is 18.1 Å². The number of rotatable bonds is 9. The van der Waals surface area contributed by atoms with Gasteiger partial charge in [-0.15, -0.1) is 0 Å². The molecule has 2 rings (SSSR count). The number of nitrogens with one attached hydrogen (secondary N) is 1. The molecule has 2 N–H and O–H groups in total. The van der Waals surface area contributed by atoms with Crippen molar-refractivity contribution in [2.45, 2.75) is 32.9 Å². The van der Waals surface area contributed by atoms with Crippen LogP contribution in [-0.2, 0) is 22.7 Å². The van der Waals surface area contributed by atoms with E-state index in [0.29, 0.717) is 18.1 Å². The van der Waals surface area contributed by atoms with Crippen LogP contribution < -0.4 is 14.8 Å². The normalized spacial score (nSPS) is 10.2. The van der Waals surface area contributed by atoms with E-state index >= 15 is 0 Å². The molecule has 0 atom stereocenters. The molecule has 0 heterocycles. The second-order valence-electron chi connectivity index (χ2n) is 5.92. The van der Waals surface area contributed by atoms with Crippen LogP contribution in [0.1, 0.15) is 29.5 Å². The summed E-state index contributed by atoms with van der Waals surface area (Å²) in [5, 5.41) is 11.3. The van der Waals surface area contributed by atoms with Crippen LogP contribution >= 0.6 is 0 Å². The minimum atomic E-state index is -0.994. The third kappa shape index (κ3) is 6.12. The van der Waals surface area contributed by atoms with Crippen molar-refractivity contribution < 1.29 is 24.2 Å². The highest BCUT2D eigenvalue weighted by atomic mass is 16.5. The number of hydrogen-bond donors (Lipinski definition) is 2. The quantitative estimate of drug-likeness (QED) is 0.720. The topological polar surface area (TPSA) is 84.9 Å². The van der Waals surface area contributed by atoms with Gasteiger partial charge in [-0.3, -0.25) is 9.59 Å². The van der Waals surface area contributed by atoms with Crippen molar-refractivity contribution in [3.05, 3.63) is 59.2 Å². The van der Waals surface area contributed by atoms with E-state index in [2.05, 4.69) is 5.32 Å². The van der Waals surface area contributed by atoms with E-state index in [9.17, 15) is 9.59 Å². The molecule has 0 aliphatic rings. The highest BCUT2D eigenvalue weighted by molar-refractivity contribution is 5.80. The predicted molar refractivity (Wildman–Crippen MR) is 97.2 cm³/mol. The largest absolute Gasteiger partial charge is 0.497 e. The Balaban J connectivity index is 2.03. The maximum atomic E-state index is 11.7. The second kappa shape index (κ2) is 9.46. The molecule has 138 valence electrons. The van der Waals surface area contributed by atoms with Crippen molar-refractivity contribution >= 4 is 11.9 Å². The first-order chi connectivity index (χ1) is 12.5. The van der Waals surface area contributed by atoms with Crippen molar-refractivity contribution in [2.24, 2.45) is 0 Å². The molecule has 2 aromatic rings. The minimum Gasteiger partial charge on any atom is -0.497 e. The van der Waals surface area contributed by atoms with Gasteiger partial charge in [-0.25, -0.2) is 0 Å². The van der Waals surface area contributed by atoms with Crippen LogP contribution in [0, 0.1) is 6.92 Å². The Bertz CT molecular complexity index is 773. The smallest absolute Gasteiger partial charge is 0.303 e. The Morgan fingerprint density at radius 3 is 2.62 bits per heavy atom. The molecule has 1 amide bonds. The number of carbonyl (C=O) groups is 2. The molecule has 0 aliphatic heterocycles. The average Bonchev–Trinajstić information content (AvgIpc) is 2.63. The summed E-state index contributed by atoms with van der Waals surface area (Å²) in [7, 11) is 1.58. The van der Waals surface area contributed by atoms with Gasteiger partial charge in [-0.05, 0) is 24.6 Å². The number of ether oxygens (including phenoxy) is 2. The zero-order valence-electron chi connectivity index (χ0n) is 15.0. The van der Waals surface area contributed by atoms with Gasteiger partial charge in [0.15, 0.2) is 0 Å². The molecule has 0 bridgehead atoms. The van der Waals surface area contributed by atoms with Gasteiger partial charge in [0.05, 0.1) is 13.5 Å². The number of aliphatic carboxylic acids is 1. The number of carboxylic acid groups (broad SMARTS) is 1. The van der Waals surface area contributed by atoms with Crippen LogP contribution in [0.15, 0.2) is 42.5 Å². The summed E-state index contributed by atoms with van der Waals surface area (Å²) in [5.41, 5.74) is 2.99. The van der Waals surface area contributed by atoms with E-state index in [1.165, 1.54) is 0 Å². The van der Waals surface area contributed by atoms with E-state index in [1.54, 1.807) is 19.2 Å². The average molecular weight is 357 g/mol. The number of aryl methyl sites for hydroxylation is 1. The van der Waals surface area contributed by atoms with Crippen LogP contribution in [0.3, 0.4) is 0 Å². The van der Waals surface area contributed by atoms with Crippen molar-refractivity contribution in [2.75, 3.05) is 7.11 Å². The van der Waals surface area contributed by atoms with Crippen LogP contribution in [0.5, 0.6) is 11.5 Å². The van der Waals surface area contributed by atoms with Gasteiger partial charge in [0.2, 0.25) is 5.91 Å². The summed E-state index contributed by atoms with van der Waals surface area (Å²) in [4.78, 5) is 22.3. The highest BCUT2D eigenvalue weighted by Gasteiger charge is 2.10. The van der Waals surface area contributed by atoms with Crippen LogP contribution in [-0.4, -0.2) is 24.1 Å². The number of methoxy groups -OCH3 is 1. The molecule has 26 heavy (non-hydrogen) atoms. The van der Waals surface area contributed by atoms with Gasteiger partial charge in [0, 0.05) is 24.6 Å². The maximum absolute atomic E-state index is 11.7. The Hall–Kier alpha value is -3.02. The summed E-state index contributed by atoms with van der Waals surface area (Å²) in [6, 6.07) is 13.4. The lowest BCUT2D eigenvalue weighted by atomic mass is 10.1. The lowest BCUT2D eigenvalue weighted by Gasteiger charge is -2.14. The number of carboxylic acids is 1. The van der Waals surface area contributed by atoms with E-state index in [1.807, 2.05) is 37.3 Å². The van der Waals surface area contributed by atoms with E-state index in [0.717, 1.165) is 16.7 Å². The molecule has 6 heteroatoms. The molecular weight excluding hydrogens is 334 g/mol. The molecule has 0 unspecified atom stereocenters. The molecule has 0 radical (unpaired) electrons. The van der Waals surface area contributed by atoms with Crippen molar-refractivity contribution in [1.29, 1.82) is 0 Å². The van der Waals surface area contributed by atoms with Crippen LogP contribution in [0.25, 0.3) is 0 Å². The number of hydrogen-bond acceptors (Lipinski definition) is 4. The zero-order valence-corrected chi connectivity index (χ0v) is 15.0. The Morgan fingerprint density at radius 1 is 1.12 bits per heavy atom. The van der Waals surface area contributed by atoms with Crippen molar-refractivity contribution in [3.8, 4) is 11.5 Å². The zero-order chi connectivity index (χ0) is 18.9. The molecule has 0 saturated heterocycles. The summed E-state index contributed by atoms with van der Waals surface area (Å²) < 4.78 is 11.2. The molecule has 0 saturated carbocycles. The molecular formula is C20H23NO5. The van der Waals surface area contributed by atoms with Gasteiger partial charge >= 0.3 is 5.97 Å². The monoisotopic (exact) mass is 357 g/mol. The third-order valence-electron chi connectivity index (χ3n) is 3.79. The first kappa shape index (κ1) is 19.3. The number of amides is 1. The molecule has 0 aromatic heterocycles.